The average Bonchev–Trinajstić information content (AvgIpc) is 3.24. The second-order valence-electron chi connectivity index (χ2n) is 8.44. The number of hydrogen-bond acceptors (Lipinski definition) is 6. The molecule has 5 rings (SSSR count). The van der Waals surface area contributed by atoms with Crippen LogP contribution in [0.3, 0.4) is 0 Å². The SMILES string of the molecule is COC(=O)c1ccc(NC(=O)Cn2c3ccccc3c3ncn(Cc4ccc(OC)cc4)c(=O)c32)cc1. The van der Waals surface area contributed by atoms with Crippen molar-refractivity contribution in [1.82, 2.24) is 14.1 Å². The predicted octanol–water partition coefficient (Wildman–Crippen LogP) is 3.83. The number of carbonyl (C=O) groups is 2. The van der Waals surface area contributed by atoms with Gasteiger partial charge in [-0.2, -0.15) is 0 Å². The van der Waals surface area contributed by atoms with Gasteiger partial charge in [-0.3, -0.25) is 14.2 Å². The molecule has 0 saturated heterocycles. The molecule has 0 aliphatic carbocycles. The van der Waals surface area contributed by atoms with Crippen molar-refractivity contribution in [2.45, 2.75) is 13.1 Å². The van der Waals surface area contributed by atoms with E-state index in [0.717, 1.165) is 22.2 Å². The molecule has 186 valence electrons. The highest BCUT2D eigenvalue weighted by molar-refractivity contribution is 6.06. The van der Waals surface area contributed by atoms with Gasteiger partial charge in [0.2, 0.25) is 5.91 Å². The lowest BCUT2D eigenvalue weighted by Gasteiger charge is -2.10. The molecule has 5 aromatic rings. The quantitative estimate of drug-likeness (QED) is 0.344. The van der Waals surface area contributed by atoms with Gasteiger partial charge in [0.1, 0.15) is 23.3 Å². The summed E-state index contributed by atoms with van der Waals surface area (Å²) in [5, 5.41) is 3.62. The Kier molecular flexibility index (Phi) is 6.42. The monoisotopic (exact) mass is 496 g/mol. The van der Waals surface area contributed by atoms with E-state index in [1.54, 1.807) is 35.9 Å². The second kappa shape index (κ2) is 9.98. The molecule has 0 aliphatic rings. The lowest BCUT2D eigenvalue weighted by atomic mass is 10.2. The lowest BCUT2D eigenvalue weighted by Crippen LogP contribution is -2.25. The molecule has 1 amide bonds. The first-order valence-electron chi connectivity index (χ1n) is 11.6. The van der Waals surface area contributed by atoms with Crippen LogP contribution in [0.4, 0.5) is 5.69 Å². The molecule has 0 unspecified atom stereocenters. The van der Waals surface area contributed by atoms with Crippen LogP contribution in [0.2, 0.25) is 0 Å². The third-order valence-corrected chi connectivity index (χ3v) is 6.14. The van der Waals surface area contributed by atoms with Crippen LogP contribution in [0.5, 0.6) is 5.75 Å². The Morgan fingerprint density at radius 1 is 0.946 bits per heavy atom. The summed E-state index contributed by atoms with van der Waals surface area (Å²) in [5.41, 5.74) is 3.21. The van der Waals surface area contributed by atoms with Gasteiger partial charge in [-0.25, -0.2) is 9.78 Å². The first-order chi connectivity index (χ1) is 18.0. The number of rotatable bonds is 7. The van der Waals surface area contributed by atoms with Gasteiger partial charge in [-0.1, -0.05) is 30.3 Å². The number of esters is 1. The van der Waals surface area contributed by atoms with Crippen molar-refractivity contribution < 1.29 is 19.1 Å². The third-order valence-electron chi connectivity index (χ3n) is 6.14. The summed E-state index contributed by atoms with van der Waals surface area (Å²) in [5.74, 6) is -0.0456. The van der Waals surface area contributed by atoms with E-state index in [0.29, 0.717) is 28.8 Å². The molecule has 37 heavy (non-hydrogen) atoms. The Balaban J connectivity index is 1.48. The number of carbonyl (C=O) groups excluding carboxylic acids is 2. The third kappa shape index (κ3) is 4.66. The zero-order valence-electron chi connectivity index (χ0n) is 20.3. The number of para-hydroxylation sites is 1. The minimum atomic E-state index is -0.457. The second-order valence-corrected chi connectivity index (χ2v) is 8.44. The summed E-state index contributed by atoms with van der Waals surface area (Å²) in [6.45, 7) is 0.234. The fourth-order valence-electron chi connectivity index (χ4n) is 4.30. The maximum atomic E-state index is 13.6. The number of fused-ring (bicyclic) bond motifs is 3. The van der Waals surface area contributed by atoms with Crippen LogP contribution in [0.15, 0.2) is 83.9 Å². The highest BCUT2D eigenvalue weighted by Crippen LogP contribution is 2.25. The van der Waals surface area contributed by atoms with Gasteiger partial charge in [0.05, 0.1) is 38.2 Å². The standard InChI is InChI=1S/C28H24N4O5/c1-36-21-13-7-18(8-14-21)15-31-17-29-25-22-5-3-4-6-23(22)32(26(25)27(31)34)16-24(33)30-20-11-9-19(10-12-20)28(35)37-2/h3-14,17H,15-16H2,1-2H3,(H,30,33). The molecule has 0 aliphatic heterocycles. The molecule has 9 heteroatoms. The summed E-state index contributed by atoms with van der Waals surface area (Å²) in [6.07, 6.45) is 1.54. The smallest absolute Gasteiger partial charge is 0.337 e. The minimum absolute atomic E-state index is 0.0910. The number of aromatic nitrogens is 3. The predicted molar refractivity (Wildman–Crippen MR) is 140 cm³/mol. The van der Waals surface area contributed by atoms with Crippen molar-refractivity contribution in [3.05, 3.63) is 101 Å². The molecule has 0 saturated carbocycles. The molecule has 0 bridgehead atoms. The van der Waals surface area contributed by atoms with Crippen LogP contribution in [0.25, 0.3) is 21.9 Å². The molecule has 9 nitrogen and oxygen atoms in total. The van der Waals surface area contributed by atoms with E-state index in [-0.39, 0.29) is 18.0 Å². The van der Waals surface area contributed by atoms with E-state index in [9.17, 15) is 14.4 Å². The molecule has 1 N–H and O–H groups in total. The van der Waals surface area contributed by atoms with Crippen molar-refractivity contribution in [2.75, 3.05) is 19.5 Å². The van der Waals surface area contributed by atoms with Crippen molar-refractivity contribution in [2.24, 2.45) is 0 Å². The number of nitrogens with one attached hydrogen (secondary N) is 1. The molecular weight excluding hydrogens is 472 g/mol. The zero-order chi connectivity index (χ0) is 25.9. The van der Waals surface area contributed by atoms with Crippen molar-refractivity contribution in [3.63, 3.8) is 0 Å². The van der Waals surface area contributed by atoms with E-state index in [2.05, 4.69) is 10.3 Å². The Labute approximate surface area is 211 Å². The molecule has 3 aromatic carbocycles. The summed E-state index contributed by atoms with van der Waals surface area (Å²) in [7, 11) is 2.91. The van der Waals surface area contributed by atoms with Crippen LogP contribution in [-0.2, 0) is 22.6 Å². The maximum absolute atomic E-state index is 13.6. The highest BCUT2D eigenvalue weighted by atomic mass is 16.5. The average molecular weight is 497 g/mol. The van der Waals surface area contributed by atoms with Gasteiger partial charge in [0.25, 0.3) is 5.56 Å². The number of amides is 1. The Morgan fingerprint density at radius 3 is 2.38 bits per heavy atom. The summed E-state index contributed by atoms with van der Waals surface area (Å²) >= 11 is 0. The Hall–Kier alpha value is -4.92. The summed E-state index contributed by atoms with van der Waals surface area (Å²) < 4.78 is 13.1. The first kappa shape index (κ1) is 23.8. The minimum Gasteiger partial charge on any atom is -0.497 e. The van der Waals surface area contributed by atoms with Crippen molar-refractivity contribution >= 4 is 39.5 Å². The fraction of sp³-hybridized carbons (Fsp3) is 0.143. The number of anilines is 1. The van der Waals surface area contributed by atoms with E-state index >= 15 is 0 Å². The van der Waals surface area contributed by atoms with Gasteiger partial charge in [0.15, 0.2) is 0 Å². The Bertz CT molecular complexity index is 1670. The van der Waals surface area contributed by atoms with Gasteiger partial charge in [-0.05, 0) is 48.0 Å². The van der Waals surface area contributed by atoms with E-state index in [1.165, 1.54) is 18.0 Å². The summed E-state index contributed by atoms with van der Waals surface area (Å²) in [4.78, 5) is 42.9. The van der Waals surface area contributed by atoms with Crippen LogP contribution in [0.1, 0.15) is 15.9 Å². The van der Waals surface area contributed by atoms with Gasteiger partial charge < -0.3 is 19.4 Å². The number of ether oxygens (including phenoxy) is 2. The van der Waals surface area contributed by atoms with Crippen molar-refractivity contribution in [1.29, 1.82) is 0 Å². The normalized spacial score (nSPS) is 11.0. The van der Waals surface area contributed by atoms with E-state index in [1.807, 2.05) is 48.5 Å². The number of nitrogens with zero attached hydrogens (tertiary/aromatic N) is 3. The van der Waals surface area contributed by atoms with Gasteiger partial charge in [-0.15, -0.1) is 0 Å². The Morgan fingerprint density at radius 2 is 1.68 bits per heavy atom. The molecule has 0 fully saturated rings. The number of methoxy groups -OCH3 is 2. The lowest BCUT2D eigenvalue weighted by molar-refractivity contribution is -0.116. The van der Waals surface area contributed by atoms with E-state index < -0.39 is 5.97 Å². The fourth-order valence-corrected chi connectivity index (χ4v) is 4.30. The molecule has 2 heterocycles. The van der Waals surface area contributed by atoms with Crippen LogP contribution in [0, 0.1) is 0 Å². The number of hydrogen-bond donors (Lipinski definition) is 1. The topological polar surface area (TPSA) is 104 Å². The first-order valence-corrected chi connectivity index (χ1v) is 11.6. The van der Waals surface area contributed by atoms with Crippen LogP contribution in [-0.4, -0.2) is 40.2 Å². The highest BCUT2D eigenvalue weighted by Gasteiger charge is 2.18. The number of benzene rings is 3. The molecule has 2 aromatic heterocycles. The van der Waals surface area contributed by atoms with Crippen molar-refractivity contribution in [3.8, 4) is 5.75 Å². The largest absolute Gasteiger partial charge is 0.497 e. The van der Waals surface area contributed by atoms with E-state index in [4.69, 9.17) is 9.47 Å². The molecule has 0 spiro atoms. The molecular formula is C28H24N4O5. The van der Waals surface area contributed by atoms with Gasteiger partial charge in [0, 0.05) is 11.1 Å². The van der Waals surface area contributed by atoms with Gasteiger partial charge >= 0.3 is 5.97 Å². The van der Waals surface area contributed by atoms with Crippen LogP contribution >= 0.6 is 0 Å². The zero-order valence-corrected chi connectivity index (χ0v) is 20.3. The summed E-state index contributed by atoms with van der Waals surface area (Å²) in [6, 6.07) is 21.3. The maximum Gasteiger partial charge on any atom is 0.337 e. The molecule has 0 radical (unpaired) electrons. The van der Waals surface area contributed by atoms with Crippen LogP contribution < -0.4 is 15.6 Å². The molecule has 0 atom stereocenters.